The summed E-state index contributed by atoms with van der Waals surface area (Å²) in [5.41, 5.74) is 2.44. The quantitative estimate of drug-likeness (QED) is 0.766. The van der Waals surface area contributed by atoms with Gasteiger partial charge in [0.25, 0.3) is 11.5 Å². The predicted molar refractivity (Wildman–Crippen MR) is 102 cm³/mol. The SMILES string of the molecule is CNC(=O)c1nn(CN(C)Cc2ccccc2C)c(=O)c2ccccc12. The van der Waals surface area contributed by atoms with E-state index in [1.807, 2.05) is 24.1 Å². The lowest BCUT2D eigenvalue weighted by atomic mass is 10.1. The minimum Gasteiger partial charge on any atom is -0.354 e. The number of carbonyl (C=O) groups excluding carboxylic acids is 1. The highest BCUT2D eigenvalue weighted by molar-refractivity contribution is 6.04. The average Bonchev–Trinajstić information content (AvgIpc) is 2.65. The topological polar surface area (TPSA) is 67.2 Å². The molecule has 0 spiro atoms. The molecule has 0 saturated heterocycles. The molecule has 1 amide bonds. The fraction of sp³-hybridized carbons (Fsp3) is 0.250. The summed E-state index contributed by atoms with van der Waals surface area (Å²) >= 11 is 0. The lowest BCUT2D eigenvalue weighted by molar-refractivity contribution is 0.0956. The second kappa shape index (κ2) is 7.49. The number of nitrogens with zero attached hydrogens (tertiary/aromatic N) is 3. The summed E-state index contributed by atoms with van der Waals surface area (Å²) in [5.74, 6) is -0.309. The van der Waals surface area contributed by atoms with E-state index >= 15 is 0 Å². The van der Waals surface area contributed by atoms with E-state index in [1.54, 1.807) is 31.3 Å². The van der Waals surface area contributed by atoms with E-state index in [1.165, 1.54) is 15.8 Å². The van der Waals surface area contributed by atoms with Gasteiger partial charge in [-0.3, -0.25) is 14.5 Å². The Morgan fingerprint density at radius 3 is 2.46 bits per heavy atom. The van der Waals surface area contributed by atoms with Crippen LogP contribution in [-0.2, 0) is 13.2 Å². The second-order valence-electron chi connectivity index (χ2n) is 6.36. The standard InChI is InChI=1S/C20H22N4O2/c1-14-8-4-5-9-15(14)12-23(3)13-24-20(26)17-11-7-6-10-16(17)18(22-24)19(25)21-2/h4-11H,12-13H2,1-3H3,(H,21,25). The van der Waals surface area contributed by atoms with E-state index in [9.17, 15) is 9.59 Å². The maximum atomic E-state index is 12.8. The van der Waals surface area contributed by atoms with Crippen LogP contribution >= 0.6 is 0 Å². The number of benzene rings is 2. The van der Waals surface area contributed by atoms with Gasteiger partial charge in [-0.25, -0.2) is 4.68 Å². The van der Waals surface area contributed by atoms with Crippen LogP contribution in [0.1, 0.15) is 21.6 Å². The summed E-state index contributed by atoms with van der Waals surface area (Å²) in [6, 6.07) is 15.2. The highest BCUT2D eigenvalue weighted by Gasteiger charge is 2.16. The van der Waals surface area contributed by atoms with Crippen molar-refractivity contribution in [1.29, 1.82) is 0 Å². The Morgan fingerprint density at radius 1 is 1.12 bits per heavy atom. The number of hydrogen-bond acceptors (Lipinski definition) is 4. The van der Waals surface area contributed by atoms with Crippen molar-refractivity contribution in [3.8, 4) is 0 Å². The summed E-state index contributed by atoms with van der Waals surface area (Å²) < 4.78 is 1.35. The third kappa shape index (κ3) is 3.50. The average molecular weight is 350 g/mol. The van der Waals surface area contributed by atoms with Gasteiger partial charge in [0.2, 0.25) is 0 Å². The molecule has 0 fully saturated rings. The maximum Gasteiger partial charge on any atom is 0.275 e. The van der Waals surface area contributed by atoms with Gasteiger partial charge in [0, 0.05) is 19.0 Å². The Kier molecular flexibility index (Phi) is 5.14. The van der Waals surface area contributed by atoms with Gasteiger partial charge in [0.1, 0.15) is 0 Å². The zero-order chi connectivity index (χ0) is 18.7. The Balaban J connectivity index is 1.97. The lowest BCUT2D eigenvalue weighted by Gasteiger charge is -2.19. The number of aryl methyl sites for hydroxylation is 1. The highest BCUT2D eigenvalue weighted by atomic mass is 16.2. The maximum absolute atomic E-state index is 12.8. The Labute approximate surface area is 152 Å². The summed E-state index contributed by atoms with van der Waals surface area (Å²) in [6.45, 7) is 3.04. The Hall–Kier alpha value is -2.99. The summed E-state index contributed by atoms with van der Waals surface area (Å²) in [7, 11) is 3.48. The molecule has 134 valence electrons. The van der Waals surface area contributed by atoms with E-state index in [-0.39, 0.29) is 17.2 Å². The Bertz CT molecular complexity index is 1010. The molecule has 0 bridgehead atoms. The van der Waals surface area contributed by atoms with Gasteiger partial charge in [0.15, 0.2) is 5.69 Å². The molecule has 3 rings (SSSR count). The van der Waals surface area contributed by atoms with Crippen LogP contribution in [0.5, 0.6) is 0 Å². The third-order valence-electron chi connectivity index (χ3n) is 4.39. The molecule has 6 heteroatoms. The van der Waals surface area contributed by atoms with Crippen LogP contribution < -0.4 is 10.9 Å². The van der Waals surface area contributed by atoms with Crippen LogP contribution in [0.25, 0.3) is 10.8 Å². The molecule has 0 aliphatic carbocycles. The van der Waals surface area contributed by atoms with Crippen molar-refractivity contribution >= 4 is 16.7 Å². The number of hydrogen-bond donors (Lipinski definition) is 1. The van der Waals surface area contributed by atoms with Gasteiger partial charge < -0.3 is 5.32 Å². The molecule has 26 heavy (non-hydrogen) atoms. The van der Waals surface area contributed by atoms with Gasteiger partial charge in [-0.05, 0) is 31.2 Å². The summed E-state index contributed by atoms with van der Waals surface area (Å²) in [4.78, 5) is 27.0. The summed E-state index contributed by atoms with van der Waals surface area (Å²) in [5, 5.41) is 7.97. The van der Waals surface area contributed by atoms with E-state index in [2.05, 4.69) is 29.5 Å². The zero-order valence-electron chi connectivity index (χ0n) is 15.2. The summed E-state index contributed by atoms with van der Waals surface area (Å²) in [6.07, 6.45) is 0. The first-order chi connectivity index (χ1) is 12.5. The van der Waals surface area contributed by atoms with Crippen LogP contribution in [-0.4, -0.2) is 34.7 Å². The van der Waals surface area contributed by atoms with Crippen molar-refractivity contribution < 1.29 is 4.79 Å². The monoisotopic (exact) mass is 350 g/mol. The van der Waals surface area contributed by atoms with E-state index < -0.39 is 0 Å². The molecule has 0 atom stereocenters. The molecule has 0 saturated carbocycles. The number of fused-ring (bicyclic) bond motifs is 1. The molecule has 6 nitrogen and oxygen atoms in total. The van der Waals surface area contributed by atoms with Gasteiger partial charge in [0.05, 0.1) is 12.1 Å². The number of rotatable bonds is 5. The van der Waals surface area contributed by atoms with Crippen molar-refractivity contribution in [3.63, 3.8) is 0 Å². The van der Waals surface area contributed by atoms with Crippen LogP contribution in [0, 0.1) is 6.92 Å². The fourth-order valence-corrected chi connectivity index (χ4v) is 2.97. The first-order valence-corrected chi connectivity index (χ1v) is 8.46. The van der Waals surface area contributed by atoms with Crippen molar-refractivity contribution in [2.45, 2.75) is 20.1 Å². The number of nitrogens with one attached hydrogen (secondary N) is 1. The lowest BCUT2D eigenvalue weighted by Crippen LogP contribution is -2.34. The van der Waals surface area contributed by atoms with Gasteiger partial charge >= 0.3 is 0 Å². The van der Waals surface area contributed by atoms with Crippen molar-refractivity contribution in [1.82, 2.24) is 20.0 Å². The molecule has 2 aromatic carbocycles. The van der Waals surface area contributed by atoms with E-state index in [0.29, 0.717) is 24.0 Å². The number of aromatic nitrogens is 2. The zero-order valence-corrected chi connectivity index (χ0v) is 15.2. The van der Waals surface area contributed by atoms with Crippen LogP contribution in [0.2, 0.25) is 0 Å². The molecule has 0 aliphatic heterocycles. The third-order valence-corrected chi connectivity index (χ3v) is 4.39. The Morgan fingerprint density at radius 2 is 1.77 bits per heavy atom. The first kappa shape index (κ1) is 17.8. The first-order valence-electron chi connectivity index (χ1n) is 8.46. The largest absolute Gasteiger partial charge is 0.354 e. The van der Waals surface area contributed by atoms with Crippen molar-refractivity contribution in [2.75, 3.05) is 14.1 Å². The minimum absolute atomic E-state index is 0.204. The van der Waals surface area contributed by atoms with Crippen LogP contribution in [0.3, 0.4) is 0 Å². The van der Waals surface area contributed by atoms with Crippen LogP contribution in [0.4, 0.5) is 0 Å². The molecule has 1 N–H and O–H groups in total. The fourth-order valence-electron chi connectivity index (χ4n) is 2.97. The van der Waals surface area contributed by atoms with Crippen molar-refractivity contribution in [3.05, 3.63) is 75.7 Å². The van der Waals surface area contributed by atoms with Gasteiger partial charge in [-0.15, -0.1) is 0 Å². The molecule has 0 aliphatic rings. The smallest absolute Gasteiger partial charge is 0.275 e. The highest BCUT2D eigenvalue weighted by Crippen LogP contribution is 2.14. The predicted octanol–water partition coefficient (Wildman–Crippen LogP) is 2.15. The molecular weight excluding hydrogens is 328 g/mol. The number of amides is 1. The van der Waals surface area contributed by atoms with E-state index in [0.717, 1.165) is 0 Å². The van der Waals surface area contributed by atoms with E-state index in [4.69, 9.17) is 0 Å². The normalized spacial score (nSPS) is 11.1. The molecule has 0 unspecified atom stereocenters. The number of carbonyl (C=O) groups is 1. The molecular formula is C20H22N4O2. The second-order valence-corrected chi connectivity index (χ2v) is 6.36. The molecule has 1 heterocycles. The van der Waals surface area contributed by atoms with Gasteiger partial charge in [-0.1, -0.05) is 42.5 Å². The molecule has 1 aromatic heterocycles. The molecule has 3 aromatic rings. The van der Waals surface area contributed by atoms with Crippen molar-refractivity contribution in [2.24, 2.45) is 0 Å². The van der Waals surface area contributed by atoms with Gasteiger partial charge in [-0.2, -0.15) is 5.10 Å². The van der Waals surface area contributed by atoms with Crippen LogP contribution in [0.15, 0.2) is 53.3 Å². The molecule has 0 radical (unpaired) electrons. The minimum atomic E-state index is -0.309.